The highest BCUT2D eigenvalue weighted by Crippen LogP contribution is 2.45. The highest BCUT2D eigenvalue weighted by molar-refractivity contribution is 7.14. The molecule has 9 nitrogen and oxygen atoms in total. The third kappa shape index (κ3) is 3.44. The number of methoxy groups -OCH3 is 1. The van der Waals surface area contributed by atoms with Crippen LogP contribution in [0.3, 0.4) is 0 Å². The predicted molar refractivity (Wildman–Crippen MR) is 119 cm³/mol. The summed E-state index contributed by atoms with van der Waals surface area (Å²) in [6.45, 7) is 0.777. The van der Waals surface area contributed by atoms with E-state index in [0.717, 1.165) is 0 Å². The summed E-state index contributed by atoms with van der Waals surface area (Å²) in [6.07, 6.45) is 1.52. The monoisotopic (exact) mass is 466 g/mol. The summed E-state index contributed by atoms with van der Waals surface area (Å²) in [4.78, 5) is 31.6. The lowest BCUT2D eigenvalue weighted by atomic mass is 9.95. The van der Waals surface area contributed by atoms with Crippen LogP contribution in [0, 0.1) is 0 Å². The van der Waals surface area contributed by atoms with E-state index >= 15 is 0 Å². The van der Waals surface area contributed by atoms with Gasteiger partial charge in [0, 0.05) is 17.1 Å². The normalized spacial score (nSPS) is 19.1. The van der Waals surface area contributed by atoms with Crippen molar-refractivity contribution in [1.82, 2.24) is 4.98 Å². The number of rotatable bonds is 4. The molecular formula is C23H18N2O7S. The van der Waals surface area contributed by atoms with Crippen molar-refractivity contribution in [3.63, 3.8) is 0 Å². The molecule has 2 N–H and O–H groups in total. The van der Waals surface area contributed by atoms with Crippen molar-refractivity contribution in [2.75, 3.05) is 25.2 Å². The Bertz CT molecular complexity index is 1290. The Morgan fingerprint density at radius 2 is 1.94 bits per heavy atom. The summed E-state index contributed by atoms with van der Waals surface area (Å²) in [5.41, 5.74) is 0.643. The average molecular weight is 466 g/mol. The zero-order valence-corrected chi connectivity index (χ0v) is 18.2. The van der Waals surface area contributed by atoms with E-state index in [9.17, 15) is 19.8 Å². The van der Waals surface area contributed by atoms with Gasteiger partial charge in [0.1, 0.15) is 19.0 Å². The minimum atomic E-state index is -0.987. The molecule has 3 aromatic rings. The Labute approximate surface area is 192 Å². The number of hydrogen-bond acceptors (Lipinski definition) is 9. The summed E-state index contributed by atoms with van der Waals surface area (Å²) in [5.74, 6) is -1.00. The third-order valence-electron chi connectivity index (χ3n) is 5.40. The van der Waals surface area contributed by atoms with E-state index in [0.29, 0.717) is 41.0 Å². The summed E-state index contributed by atoms with van der Waals surface area (Å²) in [6, 6.07) is 8.29. The number of carbonyl (C=O) groups excluding carboxylic acids is 2. The summed E-state index contributed by atoms with van der Waals surface area (Å²) in [5, 5.41) is 23.2. The lowest BCUT2D eigenvalue weighted by Gasteiger charge is -2.23. The molecule has 1 fully saturated rings. The molecule has 1 saturated heterocycles. The molecule has 0 aliphatic carbocycles. The zero-order chi connectivity index (χ0) is 23.1. The van der Waals surface area contributed by atoms with Crippen molar-refractivity contribution in [2.45, 2.75) is 6.04 Å². The number of aromatic hydroxyl groups is 1. The number of aliphatic hydroxyl groups is 1. The predicted octanol–water partition coefficient (Wildman–Crippen LogP) is 3.25. The Morgan fingerprint density at radius 3 is 2.67 bits per heavy atom. The first kappa shape index (κ1) is 20.8. The van der Waals surface area contributed by atoms with Crippen LogP contribution in [-0.4, -0.2) is 47.2 Å². The number of amides is 1. The Kier molecular flexibility index (Phi) is 5.14. The number of ether oxygens (including phenoxy) is 3. The molecule has 2 aliphatic heterocycles. The largest absolute Gasteiger partial charge is 0.507 e. The smallest absolute Gasteiger partial charge is 0.301 e. The minimum absolute atomic E-state index is 0.0979. The fourth-order valence-corrected chi connectivity index (χ4v) is 4.56. The van der Waals surface area contributed by atoms with Crippen LogP contribution in [0.1, 0.15) is 17.2 Å². The first-order valence-electron chi connectivity index (χ1n) is 9.97. The van der Waals surface area contributed by atoms with E-state index in [4.69, 9.17) is 14.2 Å². The number of aromatic nitrogens is 1. The van der Waals surface area contributed by atoms with Gasteiger partial charge in [0.15, 0.2) is 28.1 Å². The maximum absolute atomic E-state index is 13.2. The Morgan fingerprint density at radius 1 is 1.15 bits per heavy atom. The number of fused-ring (bicyclic) bond motifs is 1. The number of hydrogen-bond donors (Lipinski definition) is 2. The van der Waals surface area contributed by atoms with E-state index in [1.165, 1.54) is 41.7 Å². The van der Waals surface area contributed by atoms with E-state index in [1.54, 1.807) is 29.6 Å². The van der Waals surface area contributed by atoms with Crippen LogP contribution in [0.5, 0.6) is 23.0 Å². The second-order valence-corrected chi connectivity index (χ2v) is 8.15. The van der Waals surface area contributed by atoms with Crippen molar-refractivity contribution < 1.29 is 34.0 Å². The molecule has 1 unspecified atom stereocenters. The van der Waals surface area contributed by atoms with Crippen LogP contribution in [0.15, 0.2) is 53.5 Å². The van der Waals surface area contributed by atoms with Crippen molar-refractivity contribution in [3.8, 4) is 23.0 Å². The molecule has 1 aromatic heterocycles. The lowest BCUT2D eigenvalue weighted by Crippen LogP contribution is -2.29. The quantitative estimate of drug-likeness (QED) is 0.342. The number of benzene rings is 2. The molecule has 0 bridgehead atoms. The zero-order valence-electron chi connectivity index (χ0n) is 17.3. The van der Waals surface area contributed by atoms with Gasteiger partial charge in [0.05, 0.1) is 18.7 Å². The molecule has 33 heavy (non-hydrogen) atoms. The fourth-order valence-electron chi connectivity index (χ4n) is 3.89. The number of phenols is 1. The molecule has 0 saturated carbocycles. The van der Waals surface area contributed by atoms with Gasteiger partial charge in [-0.3, -0.25) is 14.5 Å². The van der Waals surface area contributed by atoms with Crippen molar-refractivity contribution in [1.29, 1.82) is 0 Å². The second-order valence-electron chi connectivity index (χ2n) is 7.27. The number of nitrogens with zero attached hydrogens (tertiary/aromatic N) is 2. The molecule has 10 heteroatoms. The van der Waals surface area contributed by atoms with Crippen LogP contribution >= 0.6 is 11.3 Å². The topological polar surface area (TPSA) is 118 Å². The van der Waals surface area contributed by atoms with Crippen molar-refractivity contribution >= 4 is 33.9 Å². The molecule has 5 rings (SSSR count). The molecule has 2 aliphatic rings. The van der Waals surface area contributed by atoms with E-state index < -0.39 is 17.7 Å². The number of ketones is 1. The third-order valence-corrected chi connectivity index (χ3v) is 6.18. The standard InChI is InChI=1S/C23H18N2O7S/c1-30-16-10-12(2-4-14(16)26)19-18(21(28)22(29)25(19)23-24-6-9-33-23)20(27)13-3-5-15-17(11-13)32-8-7-31-15/h2-6,9-11,19,26-27H,7-8H2,1H3. The minimum Gasteiger partial charge on any atom is -0.507 e. The molecule has 3 heterocycles. The van der Waals surface area contributed by atoms with Gasteiger partial charge in [-0.1, -0.05) is 6.07 Å². The first-order valence-corrected chi connectivity index (χ1v) is 10.8. The number of phenolic OH excluding ortho intramolecular Hbond substituents is 1. The van der Waals surface area contributed by atoms with E-state index in [2.05, 4.69) is 4.98 Å². The van der Waals surface area contributed by atoms with Gasteiger partial charge in [-0.2, -0.15) is 0 Å². The van der Waals surface area contributed by atoms with E-state index in [1.807, 2.05) is 0 Å². The van der Waals surface area contributed by atoms with Gasteiger partial charge < -0.3 is 24.4 Å². The molecule has 0 radical (unpaired) electrons. The number of carbonyl (C=O) groups is 2. The molecule has 0 spiro atoms. The number of anilines is 1. The van der Waals surface area contributed by atoms with Crippen LogP contribution in [0.25, 0.3) is 5.76 Å². The van der Waals surface area contributed by atoms with Gasteiger partial charge in [0.25, 0.3) is 5.78 Å². The summed E-state index contributed by atoms with van der Waals surface area (Å²) < 4.78 is 16.3. The fraction of sp³-hybridized carbons (Fsp3) is 0.174. The number of thiazole rings is 1. The van der Waals surface area contributed by atoms with Gasteiger partial charge in [-0.05, 0) is 35.9 Å². The van der Waals surface area contributed by atoms with Gasteiger partial charge in [-0.15, -0.1) is 11.3 Å². The van der Waals surface area contributed by atoms with Crippen LogP contribution in [0.2, 0.25) is 0 Å². The van der Waals surface area contributed by atoms with Crippen LogP contribution < -0.4 is 19.1 Å². The van der Waals surface area contributed by atoms with Gasteiger partial charge in [0.2, 0.25) is 0 Å². The van der Waals surface area contributed by atoms with Gasteiger partial charge >= 0.3 is 5.91 Å². The maximum Gasteiger partial charge on any atom is 0.301 e. The van der Waals surface area contributed by atoms with Crippen molar-refractivity contribution in [2.24, 2.45) is 0 Å². The maximum atomic E-state index is 13.2. The highest BCUT2D eigenvalue weighted by Gasteiger charge is 2.48. The lowest BCUT2D eigenvalue weighted by molar-refractivity contribution is -0.132. The summed E-state index contributed by atoms with van der Waals surface area (Å²) in [7, 11) is 1.39. The van der Waals surface area contributed by atoms with Gasteiger partial charge in [-0.25, -0.2) is 4.98 Å². The van der Waals surface area contributed by atoms with Crippen LogP contribution in [-0.2, 0) is 9.59 Å². The van der Waals surface area contributed by atoms with Crippen LogP contribution in [0.4, 0.5) is 5.13 Å². The molecule has 1 amide bonds. The Hall–Kier alpha value is -4.05. The number of aliphatic hydroxyl groups excluding tert-OH is 1. The Balaban J connectivity index is 1.70. The second kappa shape index (κ2) is 8.14. The number of Topliss-reactive ketones (excluding diaryl/α,β-unsaturated/α-hetero) is 1. The molecule has 1 atom stereocenters. The van der Waals surface area contributed by atoms with Crippen molar-refractivity contribution in [3.05, 3.63) is 64.7 Å². The van der Waals surface area contributed by atoms with E-state index in [-0.39, 0.29) is 22.8 Å². The SMILES string of the molecule is COc1cc(C2C(=C(O)c3ccc4c(c3)OCCO4)C(=O)C(=O)N2c2nccs2)ccc1O. The first-order chi connectivity index (χ1) is 16.0. The summed E-state index contributed by atoms with van der Waals surface area (Å²) >= 11 is 1.19. The molecule has 168 valence electrons. The molecular weight excluding hydrogens is 448 g/mol. The highest BCUT2D eigenvalue weighted by atomic mass is 32.1. The molecule has 2 aromatic carbocycles. The average Bonchev–Trinajstić information content (AvgIpc) is 3.45.